The van der Waals surface area contributed by atoms with Crippen molar-refractivity contribution in [3.05, 3.63) is 0 Å². The highest BCUT2D eigenvalue weighted by atomic mass is 16.4. The number of hydrogen-bond donors (Lipinski definition) is 2. The number of nitrogens with zero attached hydrogens (tertiary/aromatic N) is 1. The summed E-state index contributed by atoms with van der Waals surface area (Å²) >= 11 is 0. The van der Waals surface area contributed by atoms with E-state index in [1.165, 1.54) is 24.1 Å². The lowest BCUT2D eigenvalue weighted by atomic mass is 10.1. The maximum Gasteiger partial charge on any atom is 0.303 e. The average Bonchev–Trinajstić information content (AvgIpc) is 2.45. The Hall–Kier alpha value is -1.10. The predicted octanol–water partition coefficient (Wildman–Crippen LogP) is 3.38. The Balaban J connectivity index is 0. The van der Waals surface area contributed by atoms with Gasteiger partial charge in [-0.3, -0.25) is 9.59 Å². The van der Waals surface area contributed by atoms with E-state index in [-0.39, 0.29) is 12.8 Å². The van der Waals surface area contributed by atoms with E-state index in [1.807, 2.05) is 0 Å². The molecule has 0 amide bonds. The largest absolute Gasteiger partial charge is 0.481 e. The number of hydrogen-bond acceptors (Lipinski definition) is 2. The first-order valence-electron chi connectivity index (χ1n) is 8.08. The van der Waals surface area contributed by atoms with E-state index in [2.05, 4.69) is 27.8 Å². The predicted molar refractivity (Wildman–Crippen MR) is 85.4 cm³/mol. The molecule has 0 aliphatic carbocycles. The van der Waals surface area contributed by atoms with E-state index < -0.39 is 11.9 Å². The van der Waals surface area contributed by atoms with Crippen molar-refractivity contribution < 1.29 is 24.3 Å². The molecule has 0 aromatic heterocycles. The summed E-state index contributed by atoms with van der Waals surface area (Å²) in [6.07, 6.45) is 4.53. The van der Waals surface area contributed by atoms with Crippen LogP contribution in [0.15, 0.2) is 0 Å². The molecule has 0 aromatic rings. The highest BCUT2D eigenvalue weighted by molar-refractivity contribution is 5.66. The van der Waals surface area contributed by atoms with Crippen molar-refractivity contribution in [2.45, 2.75) is 65.7 Å². The third-order valence-corrected chi connectivity index (χ3v) is 4.07. The van der Waals surface area contributed by atoms with Crippen LogP contribution in [0.5, 0.6) is 0 Å². The first-order chi connectivity index (χ1) is 9.81. The lowest BCUT2D eigenvalue weighted by Crippen LogP contribution is -2.42. The monoisotopic (exact) mass is 304 g/mol. The van der Waals surface area contributed by atoms with E-state index in [9.17, 15) is 9.59 Å². The van der Waals surface area contributed by atoms with Gasteiger partial charge in [0, 0.05) is 12.8 Å². The average molecular weight is 304 g/mol. The van der Waals surface area contributed by atoms with Gasteiger partial charge >= 0.3 is 11.9 Å². The fourth-order valence-corrected chi connectivity index (χ4v) is 1.75. The molecule has 0 saturated heterocycles. The van der Waals surface area contributed by atoms with E-state index in [4.69, 9.17) is 10.2 Å². The van der Waals surface area contributed by atoms with Crippen molar-refractivity contribution >= 4 is 11.9 Å². The molecule has 0 radical (unpaired) electrons. The SMILES string of the molecule is CC[N+](C)(CC)CC.O=C(O)CCCCCCCC(=O)O. The van der Waals surface area contributed by atoms with Crippen molar-refractivity contribution in [1.82, 2.24) is 0 Å². The molecule has 5 nitrogen and oxygen atoms in total. The molecule has 0 fully saturated rings. The zero-order valence-electron chi connectivity index (χ0n) is 14.2. The van der Waals surface area contributed by atoms with Crippen molar-refractivity contribution in [3.8, 4) is 0 Å². The van der Waals surface area contributed by atoms with Gasteiger partial charge in [-0.2, -0.15) is 0 Å². The van der Waals surface area contributed by atoms with E-state index in [1.54, 1.807) is 0 Å². The number of unbranched alkanes of at least 4 members (excludes halogenated alkanes) is 4. The molecule has 0 aliphatic rings. The number of carboxylic acid groups (broad SMARTS) is 2. The topological polar surface area (TPSA) is 74.6 Å². The molecule has 0 heterocycles. The minimum Gasteiger partial charge on any atom is -0.481 e. The number of carboxylic acids is 2. The first-order valence-corrected chi connectivity index (χ1v) is 8.08. The Morgan fingerprint density at radius 2 is 1.00 bits per heavy atom. The van der Waals surface area contributed by atoms with Crippen LogP contribution in [-0.4, -0.2) is 53.3 Å². The van der Waals surface area contributed by atoms with Crippen molar-refractivity contribution in [1.29, 1.82) is 0 Å². The molecule has 0 aromatic carbocycles. The van der Waals surface area contributed by atoms with Gasteiger partial charge in [-0.25, -0.2) is 0 Å². The normalized spacial score (nSPS) is 10.7. The molecule has 126 valence electrons. The molecule has 0 atom stereocenters. The summed E-state index contributed by atoms with van der Waals surface area (Å²) in [7, 11) is 2.29. The Morgan fingerprint density at radius 3 is 1.19 bits per heavy atom. The third kappa shape index (κ3) is 16.8. The Bertz CT molecular complexity index is 249. The molecule has 0 rings (SSSR count). The number of carbonyl (C=O) groups is 2. The third-order valence-electron chi connectivity index (χ3n) is 4.07. The molecule has 0 aliphatic heterocycles. The molecule has 0 bridgehead atoms. The Morgan fingerprint density at radius 1 is 0.714 bits per heavy atom. The van der Waals surface area contributed by atoms with E-state index in [0.29, 0.717) is 12.8 Å². The molecule has 21 heavy (non-hydrogen) atoms. The summed E-state index contributed by atoms with van der Waals surface area (Å²) < 4.78 is 1.21. The van der Waals surface area contributed by atoms with Gasteiger partial charge in [0.05, 0.1) is 26.7 Å². The van der Waals surface area contributed by atoms with Crippen LogP contribution >= 0.6 is 0 Å². The molecule has 0 spiro atoms. The van der Waals surface area contributed by atoms with Gasteiger partial charge in [0.2, 0.25) is 0 Å². The molecule has 0 unspecified atom stereocenters. The van der Waals surface area contributed by atoms with Gasteiger partial charge in [0.1, 0.15) is 0 Å². The summed E-state index contributed by atoms with van der Waals surface area (Å²) in [5.41, 5.74) is 0. The highest BCUT2D eigenvalue weighted by Gasteiger charge is 2.10. The fourth-order valence-electron chi connectivity index (χ4n) is 1.75. The van der Waals surface area contributed by atoms with Crippen molar-refractivity contribution in [2.24, 2.45) is 0 Å². The molecule has 0 saturated carbocycles. The maximum absolute atomic E-state index is 10.1. The number of quaternary nitrogens is 1. The summed E-state index contributed by atoms with van der Waals surface area (Å²) in [4.78, 5) is 20.2. The standard InChI is InChI=1S/C9H16O4.C7H18N/c10-8(11)6-4-2-1-3-5-7-9(12)13;1-5-8(4,6-2)7-3/h1-7H2,(H,10,11)(H,12,13);5-7H2,1-4H3/q;+1. The molecular formula is C16H34NO4+. The summed E-state index contributed by atoms with van der Waals surface area (Å²) in [5.74, 6) is -1.52. The Kier molecular flexibility index (Phi) is 14.6. The summed E-state index contributed by atoms with van der Waals surface area (Å²) in [6, 6.07) is 0. The van der Waals surface area contributed by atoms with E-state index in [0.717, 1.165) is 19.3 Å². The first kappa shape index (κ1) is 22.2. The zero-order valence-corrected chi connectivity index (χ0v) is 14.2. The second kappa shape index (κ2) is 13.9. The van der Waals surface area contributed by atoms with Crippen LogP contribution in [0.4, 0.5) is 0 Å². The molecule has 5 heteroatoms. The van der Waals surface area contributed by atoms with Gasteiger partial charge in [0.15, 0.2) is 0 Å². The minimum absolute atomic E-state index is 0.221. The summed E-state index contributed by atoms with van der Waals surface area (Å²) in [5, 5.41) is 16.6. The van der Waals surface area contributed by atoms with Crippen LogP contribution < -0.4 is 0 Å². The van der Waals surface area contributed by atoms with Gasteiger partial charge in [-0.05, 0) is 33.6 Å². The van der Waals surface area contributed by atoms with Crippen molar-refractivity contribution in [3.63, 3.8) is 0 Å². The lowest BCUT2D eigenvalue weighted by molar-refractivity contribution is -0.904. The van der Waals surface area contributed by atoms with Crippen LogP contribution in [0.2, 0.25) is 0 Å². The van der Waals surface area contributed by atoms with Gasteiger partial charge in [-0.15, -0.1) is 0 Å². The lowest BCUT2D eigenvalue weighted by Gasteiger charge is -2.30. The summed E-state index contributed by atoms with van der Waals surface area (Å²) in [6.45, 7) is 10.5. The smallest absolute Gasteiger partial charge is 0.303 e. The molecule has 2 N–H and O–H groups in total. The second-order valence-corrected chi connectivity index (χ2v) is 5.62. The van der Waals surface area contributed by atoms with E-state index >= 15 is 0 Å². The van der Waals surface area contributed by atoms with Crippen LogP contribution in [-0.2, 0) is 9.59 Å². The second-order valence-electron chi connectivity index (χ2n) is 5.62. The van der Waals surface area contributed by atoms with Crippen LogP contribution in [0, 0.1) is 0 Å². The quantitative estimate of drug-likeness (QED) is 0.453. The minimum atomic E-state index is -0.759. The van der Waals surface area contributed by atoms with Gasteiger partial charge in [0.25, 0.3) is 0 Å². The van der Waals surface area contributed by atoms with Crippen LogP contribution in [0.25, 0.3) is 0 Å². The van der Waals surface area contributed by atoms with Gasteiger partial charge in [-0.1, -0.05) is 19.3 Å². The van der Waals surface area contributed by atoms with Crippen molar-refractivity contribution in [2.75, 3.05) is 26.7 Å². The maximum atomic E-state index is 10.1. The number of aliphatic carboxylic acids is 2. The number of rotatable bonds is 11. The van der Waals surface area contributed by atoms with Gasteiger partial charge < -0.3 is 14.7 Å². The fraction of sp³-hybridized carbons (Fsp3) is 0.875. The zero-order chi connectivity index (χ0) is 16.7. The Labute approximate surface area is 129 Å². The molecular weight excluding hydrogens is 270 g/mol. The highest BCUT2D eigenvalue weighted by Crippen LogP contribution is 2.06. The van der Waals surface area contributed by atoms with Crippen LogP contribution in [0.1, 0.15) is 65.7 Å². The van der Waals surface area contributed by atoms with Crippen LogP contribution in [0.3, 0.4) is 0 Å².